The molecule has 0 saturated carbocycles. The molecule has 4 aromatic heterocycles. The van der Waals surface area contributed by atoms with Gasteiger partial charge in [-0.05, 0) is 30.3 Å². The molecule has 1 aromatic carbocycles. The second kappa shape index (κ2) is 7.79. The minimum Gasteiger partial charge on any atom is -0.497 e. The Balaban J connectivity index is 1.57. The Morgan fingerprint density at radius 3 is 2.62 bits per heavy atom. The van der Waals surface area contributed by atoms with E-state index in [0.717, 1.165) is 57.4 Å². The van der Waals surface area contributed by atoms with Crippen LogP contribution < -0.4 is 4.74 Å². The molecular weight excluding hydrogens is 418 g/mol. The lowest BCUT2D eigenvalue weighted by molar-refractivity contribution is 0.0899. The molecule has 4 heterocycles. The maximum atomic E-state index is 5.97. The van der Waals surface area contributed by atoms with Crippen molar-refractivity contribution in [2.75, 3.05) is 13.7 Å². The molecule has 0 N–H and O–H groups in total. The van der Waals surface area contributed by atoms with Gasteiger partial charge < -0.3 is 18.6 Å². The Morgan fingerprint density at radius 1 is 1.03 bits per heavy atom. The third-order valence-electron chi connectivity index (χ3n) is 5.93. The number of hydrogen-bond acceptors (Lipinski definition) is 4. The minimum atomic E-state index is -1.11. The molecule has 0 aliphatic rings. The lowest BCUT2D eigenvalue weighted by Gasteiger charge is -2.15. The van der Waals surface area contributed by atoms with E-state index in [9.17, 15) is 0 Å². The van der Waals surface area contributed by atoms with Gasteiger partial charge in [-0.2, -0.15) is 0 Å². The summed E-state index contributed by atoms with van der Waals surface area (Å²) in [4.78, 5) is 9.48. The Labute approximate surface area is 188 Å². The Morgan fingerprint density at radius 2 is 1.84 bits per heavy atom. The van der Waals surface area contributed by atoms with Gasteiger partial charge >= 0.3 is 0 Å². The van der Waals surface area contributed by atoms with Crippen LogP contribution in [-0.4, -0.2) is 45.3 Å². The Bertz CT molecular complexity index is 1420. The highest BCUT2D eigenvalue weighted by Crippen LogP contribution is 2.33. The van der Waals surface area contributed by atoms with Crippen LogP contribution in [0, 0.1) is 0 Å². The predicted octanol–water partition coefficient (Wildman–Crippen LogP) is 5.16. The van der Waals surface area contributed by atoms with E-state index in [0.29, 0.717) is 6.73 Å². The first-order chi connectivity index (χ1) is 15.4. The topological polar surface area (TPSA) is 58.5 Å². The molecule has 0 saturated heterocycles. The second-order valence-corrected chi connectivity index (χ2v) is 15.1. The quantitative estimate of drug-likeness (QED) is 0.255. The molecule has 0 spiro atoms. The van der Waals surface area contributed by atoms with Gasteiger partial charge in [0.2, 0.25) is 0 Å². The summed E-state index contributed by atoms with van der Waals surface area (Å²) in [5, 5.41) is 1.11. The molecule has 7 nitrogen and oxygen atoms in total. The van der Waals surface area contributed by atoms with Gasteiger partial charge in [-0.25, -0.2) is 9.97 Å². The first-order valence-corrected chi connectivity index (χ1v) is 14.6. The Hall–Kier alpha value is -3.10. The van der Waals surface area contributed by atoms with Crippen molar-refractivity contribution in [1.82, 2.24) is 23.5 Å². The van der Waals surface area contributed by atoms with Crippen molar-refractivity contribution in [3.8, 4) is 17.1 Å². The van der Waals surface area contributed by atoms with Crippen molar-refractivity contribution in [2.24, 2.45) is 7.05 Å². The fourth-order valence-corrected chi connectivity index (χ4v) is 4.87. The summed E-state index contributed by atoms with van der Waals surface area (Å²) >= 11 is 0. The third-order valence-corrected chi connectivity index (χ3v) is 7.63. The lowest BCUT2D eigenvalue weighted by atomic mass is 10.1. The fraction of sp³-hybridized carbons (Fsp3) is 0.333. The van der Waals surface area contributed by atoms with E-state index in [-0.39, 0.29) is 0 Å². The molecule has 0 bridgehead atoms. The van der Waals surface area contributed by atoms with Crippen molar-refractivity contribution in [2.45, 2.75) is 32.4 Å². The standard InChI is InChI=1S/C24H29N5O2Si/c1-27-15-20(19-12-18(30-2)6-7-21(19)27)23-25-13-17-14-26-24-22(29(17)23)8-9-28(24)16-31-10-11-32(3,4)5/h6-9,12-15H,10-11,16H2,1-5H3. The van der Waals surface area contributed by atoms with Crippen LogP contribution in [0.3, 0.4) is 0 Å². The molecule has 32 heavy (non-hydrogen) atoms. The summed E-state index contributed by atoms with van der Waals surface area (Å²) in [5.41, 5.74) is 5.07. The van der Waals surface area contributed by atoms with Gasteiger partial charge in [-0.1, -0.05) is 19.6 Å². The number of imidazole rings is 1. The van der Waals surface area contributed by atoms with Crippen molar-refractivity contribution in [1.29, 1.82) is 0 Å². The molecule has 0 aliphatic heterocycles. The highest BCUT2D eigenvalue weighted by Gasteiger charge is 2.18. The Kier molecular flexibility index (Phi) is 5.06. The van der Waals surface area contributed by atoms with E-state index < -0.39 is 8.07 Å². The third kappa shape index (κ3) is 3.59. The number of nitrogens with zero attached hydrogens (tertiary/aromatic N) is 5. The van der Waals surface area contributed by atoms with E-state index >= 15 is 0 Å². The van der Waals surface area contributed by atoms with Gasteiger partial charge in [0.25, 0.3) is 0 Å². The fourth-order valence-electron chi connectivity index (χ4n) is 4.12. The van der Waals surface area contributed by atoms with Crippen LogP contribution in [0.15, 0.2) is 49.1 Å². The monoisotopic (exact) mass is 447 g/mol. The van der Waals surface area contributed by atoms with E-state index in [1.165, 1.54) is 0 Å². The molecule has 0 radical (unpaired) electrons. The summed E-state index contributed by atoms with van der Waals surface area (Å²) in [6, 6.07) is 9.38. The van der Waals surface area contributed by atoms with Gasteiger partial charge in [-0.15, -0.1) is 0 Å². The highest BCUT2D eigenvalue weighted by molar-refractivity contribution is 6.76. The predicted molar refractivity (Wildman–Crippen MR) is 131 cm³/mol. The molecule has 0 atom stereocenters. The van der Waals surface area contributed by atoms with Crippen LogP contribution in [0.25, 0.3) is 39.0 Å². The molecule has 0 fully saturated rings. The first kappa shape index (κ1) is 20.8. The van der Waals surface area contributed by atoms with E-state index in [4.69, 9.17) is 19.4 Å². The van der Waals surface area contributed by atoms with Gasteiger partial charge in [0.05, 0.1) is 30.5 Å². The first-order valence-electron chi connectivity index (χ1n) is 10.9. The smallest absolute Gasteiger partial charge is 0.158 e. The normalized spacial score (nSPS) is 12.4. The zero-order chi connectivity index (χ0) is 22.5. The summed E-state index contributed by atoms with van der Waals surface area (Å²) in [6.07, 6.45) is 7.93. The maximum Gasteiger partial charge on any atom is 0.158 e. The number of fused-ring (bicyclic) bond motifs is 4. The second-order valence-electron chi connectivity index (χ2n) is 9.48. The molecule has 8 heteroatoms. The number of aryl methyl sites for hydroxylation is 1. The summed E-state index contributed by atoms with van der Waals surface area (Å²) in [5.74, 6) is 1.72. The van der Waals surface area contributed by atoms with E-state index in [1.54, 1.807) is 7.11 Å². The molecule has 166 valence electrons. The summed E-state index contributed by atoms with van der Waals surface area (Å²) < 4.78 is 17.8. The number of methoxy groups -OCH3 is 1. The molecule has 0 amide bonds. The number of hydrogen-bond donors (Lipinski definition) is 0. The van der Waals surface area contributed by atoms with E-state index in [1.807, 2.05) is 24.7 Å². The average Bonchev–Trinajstić information content (AvgIpc) is 3.45. The van der Waals surface area contributed by atoms with Crippen LogP contribution in [0.5, 0.6) is 5.75 Å². The SMILES string of the molecule is COc1ccc2c(c1)c(-c1ncc3cnc4c(ccn4COCC[Si](C)(C)C)n13)cn2C. The van der Waals surface area contributed by atoms with Crippen molar-refractivity contribution >= 4 is 35.7 Å². The van der Waals surface area contributed by atoms with Crippen molar-refractivity contribution in [3.63, 3.8) is 0 Å². The largest absolute Gasteiger partial charge is 0.497 e. The molecule has 0 aliphatic carbocycles. The van der Waals surface area contributed by atoms with Crippen molar-refractivity contribution < 1.29 is 9.47 Å². The van der Waals surface area contributed by atoms with E-state index in [2.05, 4.69) is 64.6 Å². The number of benzene rings is 1. The van der Waals surface area contributed by atoms with Crippen LogP contribution in [0.2, 0.25) is 25.7 Å². The van der Waals surface area contributed by atoms with Crippen LogP contribution >= 0.6 is 0 Å². The minimum absolute atomic E-state index is 0.502. The molecule has 5 aromatic rings. The molecule has 5 rings (SSSR count). The number of ether oxygens (including phenoxy) is 2. The molecular formula is C24H29N5O2Si. The van der Waals surface area contributed by atoms with Gasteiger partial charge in [0.1, 0.15) is 18.3 Å². The summed E-state index contributed by atoms with van der Waals surface area (Å²) in [7, 11) is 2.64. The van der Waals surface area contributed by atoms with Crippen LogP contribution in [-0.2, 0) is 18.5 Å². The zero-order valence-electron chi connectivity index (χ0n) is 19.3. The van der Waals surface area contributed by atoms with Crippen LogP contribution in [0.1, 0.15) is 0 Å². The van der Waals surface area contributed by atoms with Gasteiger partial charge in [0.15, 0.2) is 5.65 Å². The number of rotatable bonds is 7. The average molecular weight is 448 g/mol. The highest BCUT2D eigenvalue weighted by atomic mass is 28.3. The van der Waals surface area contributed by atoms with Gasteiger partial charge in [-0.3, -0.25) is 4.40 Å². The number of aromatic nitrogens is 5. The zero-order valence-corrected chi connectivity index (χ0v) is 20.3. The van der Waals surface area contributed by atoms with Crippen molar-refractivity contribution in [3.05, 3.63) is 49.1 Å². The van der Waals surface area contributed by atoms with Gasteiger partial charge in [0, 0.05) is 50.6 Å². The summed E-state index contributed by atoms with van der Waals surface area (Å²) in [6.45, 7) is 8.38. The lowest BCUT2D eigenvalue weighted by Crippen LogP contribution is -2.22. The molecule has 0 unspecified atom stereocenters. The van der Waals surface area contributed by atoms with Crippen LogP contribution in [0.4, 0.5) is 0 Å². The maximum absolute atomic E-state index is 5.97.